The van der Waals surface area contributed by atoms with Crippen molar-refractivity contribution in [2.24, 2.45) is 5.84 Å². The molecule has 4 heteroatoms. The molecule has 0 radical (unpaired) electrons. The number of amides is 1. The summed E-state index contributed by atoms with van der Waals surface area (Å²) in [5.41, 5.74) is 6.51. The third kappa shape index (κ3) is 2.92. The maximum absolute atomic E-state index is 12.3. The topological polar surface area (TPSA) is 67.1 Å². The van der Waals surface area contributed by atoms with Crippen molar-refractivity contribution in [3.63, 3.8) is 0 Å². The summed E-state index contributed by atoms with van der Waals surface area (Å²) in [4.78, 5) is 12.3. The number of nitrogens with two attached hydrogens (primary N) is 1. The van der Waals surface area contributed by atoms with Crippen molar-refractivity contribution >= 4 is 17.3 Å². The summed E-state index contributed by atoms with van der Waals surface area (Å²) in [5.74, 6) is 5.26. The maximum Gasteiger partial charge on any atom is 0.257 e. The predicted octanol–water partition coefficient (Wildman–Crippen LogP) is 2.84. The van der Waals surface area contributed by atoms with Gasteiger partial charge in [-0.2, -0.15) is 0 Å². The Balaban J connectivity index is 2.30. The van der Waals surface area contributed by atoms with Crippen molar-refractivity contribution < 1.29 is 4.79 Å². The lowest BCUT2D eigenvalue weighted by Crippen LogP contribution is -2.17. The van der Waals surface area contributed by atoms with E-state index in [9.17, 15) is 4.79 Å². The van der Waals surface area contributed by atoms with Gasteiger partial charge in [-0.15, -0.1) is 0 Å². The Morgan fingerprint density at radius 3 is 2.47 bits per heavy atom. The second kappa shape index (κ2) is 5.54. The fourth-order valence-electron chi connectivity index (χ4n) is 1.87. The molecule has 19 heavy (non-hydrogen) atoms. The molecule has 0 unspecified atom stereocenters. The Kier molecular flexibility index (Phi) is 3.82. The molecule has 2 aromatic carbocycles. The van der Waals surface area contributed by atoms with Gasteiger partial charge in [-0.1, -0.05) is 29.8 Å². The number of anilines is 2. The van der Waals surface area contributed by atoms with Crippen LogP contribution < -0.4 is 16.6 Å². The van der Waals surface area contributed by atoms with Crippen LogP contribution in [0.5, 0.6) is 0 Å². The first-order valence-corrected chi connectivity index (χ1v) is 6.06. The van der Waals surface area contributed by atoms with Crippen molar-refractivity contribution in [1.29, 1.82) is 0 Å². The quantitative estimate of drug-likeness (QED) is 0.583. The summed E-state index contributed by atoms with van der Waals surface area (Å²) in [6, 6.07) is 13.2. The number of carbonyl (C=O) groups excluding carboxylic acids is 1. The fourth-order valence-corrected chi connectivity index (χ4v) is 1.87. The number of aryl methyl sites for hydroxylation is 2. The minimum atomic E-state index is -0.175. The summed E-state index contributed by atoms with van der Waals surface area (Å²) in [6.45, 7) is 3.89. The fraction of sp³-hybridized carbons (Fsp3) is 0.133. The van der Waals surface area contributed by atoms with Gasteiger partial charge in [0.1, 0.15) is 0 Å². The molecule has 2 aromatic rings. The van der Waals surface area contributed by atoms with Crippen LogP contribution in [0.1, 0.15) is 21.5 Å². The van der Waals surface area contributed by atoms with E-state index in [2.05, 4.69) is 10.7 Å². The number of benzene rings is 2. The molecular formula is C15H17N3O. The highest BCUT2D eigenvalue weighted by Crippen LogP contribution is 2.20. The summed E-state index contributed by atoms with van der Waals surface area (Å²) in [7, 11) is 0. The zero-order chi connectivity index (χ0) is 13.8. The van der Waals surface area contributed by atoms with Crippen molar-refractivity contribution in [3.8, 4) is 0 Å². The van der Waals surface area contributed by atoms with Crippen LogP contribution in [0.3, 0.4) is 0 Å². The van der Waals surface area contributed by atoms with E-state index in [1.165, 1.54) is 0 Å². The number of hydrogen-bond acceptors (Lipinski definition) is 3. The number of hydrazine groups is 1. The van der Waals surface area contributed by atoms with E-state index in [1.54, 1.807) is 6.07 Å². The summed E-state index contributed by atoms with van der Waals surface area (Å²) >= 11 is 0. The second-order valence-corrected chi connectivity index (χ2v) is 4.46. The molecule has 0 aliphatic rings. The smallest absolute Gasteiger partial charge is 0.257 e. The van der Waals surface area contributed by atoms with Gasteiger partial charge in [0.2, 0.25) is 0 Å². The summed E-state index contributed by atoms with van der Waals surface area (Å²) in [6.07, 6.45) is 0. The van der Waals surface area contributed by atoms with Gasteiger partial charge in [-0.25, -0.2) is 0 Å². The lowest BCUT2D eigenvalue weighted by Gasteiger charge is -2.12. The van der Waals surface area contributed by atoms with E-state index in [1.807, 2.05) is 50.2 Å². The molecule has 0 fully saturated rings. The molecule has 0 saturated heterocycles. The minimum Gasteiger partial charge on any atom is -0.323 e. The van der Waals surface area contributed by atoms with Gasteiger partial charge in [-0.3, -0.25) is 10.6 Å². The lowest BCUT2D eigenvalue weighted by molar-refractivity contribution is 0.102. The molecule has 0 aliphatic heterocycles. The molecule has 98 valence electrons. The summed E-state index contributed by atoms with van der Waals surface area (Å²) in [5, 5.41) is 2.89. The molecular weight excluding hydrogens is 238 g/mol. The maximum atomic E-state index is 12.3. The van der Waals surface area contributed by atoms with Crippen LogP contribution in [-0.4, -0.2) is 5.91 Å². The number of nitrogens with one attached hydrogen (secondary N) is 2. The molecule has 0 aliphatic carbocycles. The monoisotopic (exact) mass is 255 g/mol. The van der Waals surface area contributed by atoms with Gasteiger partial charge in [-0.05, 0) is 37.6 Å². The normalized spacial score (nSPS) is 10.1. The zero-order valence-corrected chi connectivity index (χ0v) is 11.0. The molecule has 0 heterocycles. The van der Waals surface area contributed by atoms with Crippen LogP contribution in [0, 0.1) is 13.8 Å². The Bertz CT molecular complexity index is 608. The van der Waals surface area contributed by atoms with Crippen LogP contribution in [-0.2, 0) is 0 Å². The first-order chi connectivity index (χ1) is 9.11. The molecule has 0 atom stereocenters. The number of rotatable bonds is 3. The molecule has 2 rings (SSSR count). The number of para-hydroxylation sites is 1. The van der Waals surface area contributed by atoms with Crippen molar-refractivity contribution in [2.45, 2.75) is 13.8 Å². The minimum absolute atomic E-state index is 0.175. The molecule has 0 saturated carbocycles. The van der Waals surface area contributed by atoms with Gasteiger partial charge < -0.3 is 10.7 Å². The molecule has 4 N–H and O–H groups in total. The average molecular weight is 255 g/mol. The van der Waals surface area contributed by atoms with Crippen molar-refractivity contribution in [2.75, 3.05) is 10.7 Å². The lowest BCUT2D eigenvalue weighted by atomic mass is 10.1. The van der Waals surface area contributed by atoms with Crippen LogP contribution in [0.2, 0.25) is 0 Å². The molecule has 1 amide bonds. The number of hydrogen-bond donors (Lipinski definition) is 3. The Labute approximate surface area is 112 Å². The first-order valence-electron chi connectivity index (χ1n) is 6.06. The standard InChI is InChI=1S/C15H17N3O/c1-10-7-8-14(18-16)12(9-10)15(19)17-13-6-4-3-5-11(13)2/h3-9,18H,16H2,1-2H3,(H,17,19). The molecule has 4 nitrogen and oxygen atoms in total. The van der Waals surface area contributed by atoms with E-state index >= 15 is 0 Å². The molecule has 0 aromatic heterocycles. The second-order valence-electron chi connectivity index (χ2n) is 4.46. The zero-order valence-electron chi connectivity index (χ0n) is 11.0. The highest BCUT2D eigenvalue weighted by Gasteiger charge is 2.12. The van der Waals surface area contributed by atoms with Gasteiger partial charge in [0.25, 0.3) is 5.91 Å². The van der Waals surface area contributed by atoms with Gasteiger partial charge in [0.05, 0.1) is 11.3 Å². The van der Waals surface area contributed by atoms with Crippen LogP contribution >= 0.6 is 0 Å². The predicted molar refractivity (Wildman–Crippen MR) is 78.1 cm³/mol. The third-order valence-electron chi connectivity index (χ3n) is 2.97. The molecule has 0 spiro atoms. The highest BCUT2D eigenvalue weighted by molar-refractivity contribution is 6.08. The molecule has 0 bridgehead atoms. The van der Waals surface area contributed by atoms with E-state index in [0.717, 1.165) is 16.8 Å². The number of nitrogen functional groups attached to an aromatic ring is 1. The largest absolute Gasteiger partial charge is 0.323 e. The van der Waals surface area contributed by atoms with E-state index < -0.39 is 0 Å². The average Bonchev–Trinajstić information content (AvgIpc) is 2.41. The third-order valence-corrected chi connectivity index (χ3v) is 2.97. The summed E-state index contributed by atoms with van der Waals surface area (Å²) < 4.78 is 0. The van der Waals surface area contributed by atoms with E-state index in [0.29, 0.717) is 11.3 Å². The van der Waals surface area contributed by atoms with Crippen molar-refractivity contribution in [3.05, 3.63) is 59.2 Å². The van der Waals surface area contributed by atoms with Crippen LogP contribution in [0.4, 0.5) is 11.4 Å². The van der Waals surface area contributed by atoms with Crippen LogP contribution in [0.15, 0.2) is 42.5 Å². The van der Waals surface area contributed by atoms with Gasteiger partial charge >= 0.3 is 0 Å². The van der Waals surface area contributed by atoms with Gasteiger partial charge in [0.15, 0.2) is 0 Å². The van der Waals surface area contributed by atoms with E-state index in [-0.39, 0.29) is 5.91 Å². The SMILES string of the molecule is Cc1ccc(NN)c(C(=O)Nc2ccccc2C)c1. The first kappa shape index (κ1) is 13.1. The Morgan fingerprint density at radius 2 is 1.79 bits per heavy atom. The Hall–Kier alpha value is -2.33. The van der Waals surface area contributed by atoms with E-state index in [4.69, 9.17) is 5.84 Å². The van der Waals surface area contributed by atoms with Crippen LogP contribution in [0.25, 0.3) is 0 Å². The highest BCUT2D eigenvalue weighted by atomic mass is 16.1. The number of carbonyl (C=O) groups is 1. The van der Waals surface area contributed by atoms with Gasteiger partial charge in [0, 0.05) is 5.69 Å². The Morgan fingerprint density at radius 1 is 1.05 bits per heavy atom. The van der Waals surface area contributed by atoms with Crippen molar-refractivity contribution in [1.82, 2.24) is 0 Å².